The molecule has 0 spiro atoms. The van der Waals surface area contributed by atoms with E-state index in [1.54, 1.807) is 19.1 Å². The summed E-state index contributed by atoms with van der Waals surface area (Å²) in [6, 6.07) is 0. The molecule has 0 fully saturated rings. The van der Waals surface area contributed by atoms with Crippen LogP contribution in [0.3, 0.4) is 0 Å². The van der Waals surface area contributed by atoms with Gasteiger partial charge in [-0.1, -0.05) is 55.0 Å². The van der Waals surface area contributed by atoms with Crippen LogP contribution in [0, 0.1) is 11.8 Å². The minimum absolute atomic E-state index is 0.160. The van der Waals surface area contributed by atoms with E-state index in [1.807, 2.05) is 32.1 Å². The highest BCUT2D eigenvalue weighted by atomic mass is 16.5. The van der Waals surface area contributed by atoms with Crippen LogP contribution in [0.2, 0.25) is 0 Å². The number of aliphatic hydroxyl groups excluding tert-OH is 2. The first kappa shape index (κ1) is 29.3. The van der Waals surface area contributed by atoms with Gasteiger partial charge in [-0.2, -0.15) is 0 Å². The van der Waals surface area contributed by atoms with E-state index in [0.29, 0.717) is 44.1 Å². The second kappa shape index (κ2) is 16.0. The molecule has 0 aromatic rings. The first-order valence-corrected chi connectivity index (χ1v) is 11.8. The number of rotatable bonds is 4. The van der Waals surface area contributed by atoms with E-state index in [9.17, 15) is 24.6 Å². The Morgan fingerprint density at radius 2 is 1.94 bits per heavy atom. The van der Waals surface area contributed by atoms with E-state index < -0.39 is 36.1 Å². The molecule has 7 nitrogen and oxygen atoms in total. The molecule has 5 atom stereocenters. The maximum absolute atomic E-state index is 12.4. The van der Waals surface area contributed by atoms with Crippen LogP contribution in [0.15, 0.2) is 59.8 Å². The Labute approximate surface area is 202 Å². The zero-order valence-electron chi connectivity index (χ0n) is 20.4. The van der Waals surface area contributed by atoms with Crippen LogP contribution in [-0.4, -0.2) is 46.7 Å². The van der Waals surface area contributed by atoms with Crippen LogP contribution < -0.4 is 5.73 Å². The van der Waals surface area contributed by atoms with Gasteiger partial charge in [0.25, 0.3) is 0 Å². The van der Waals surface area contributed by atoms with E-state index in [2.05, 4.69) is 0 Å². The van der Waals surface area contributed by atoms with Crippen molar-refractivity contribution in [2.45, 2.75) is 77.6 Å². The van der Waals surface area contributed by atoms with Crippen molar-refractivity contribution in [2.24, 2.45) is 17.6 Å². The lowest BCUT2D eigenvalue weighted by Crippen LogP contribution is -2.32. The average molecular weight is 474 g/mol. The van der Waals surface area contributed by atoms with Crippen molar-refractivity contribution in [2.75, 3.05) is 0 Å². The Hall–Kier alpha value is -2.77. The van der Waals surface area contributed by atoms with Crippen LogP contribution in [-0.2, 0) is 19.1 Å². The van der Waals surface area contributed by atoms with Gasteiger partial charge in [0.15, 0.2) is 0 Å². The molecule has 7 heteroatoms. The molecule has 0 saturated carbocycles. The minimum atomic E-state index is -1.07. The normalized spacial score (nSPS) is 27.4. The van der Waals surface area contributed by atoms with Gasteiger partial charge in [0.2, 0.25) is 5.91 Å². The van der Waals surface area contributed by atoms with Crippen molar-refractivity contribution in [3.05, 3.63) is 59.8 Å². The molecule has 1 amide bonds. The quantitative estimate of drug-likeness (QED) is 0.248. The van der Waals surface area contributed by atoms with Crippen molar-refractivity contribution < 1.29 is 29.3 Å². The van der Waals surface area contributed by atoms with E-state index in [-0.39, 0.29) is 5.92 Å². The summed E-state index contributed by atoms with van der Waals surface area (Å²) in [6.45, 7) is 5.55. The van der Waals surface area contributed by atoms with Gasteiger partial charge < -0.3 is 20.7 Å². The fraction of sp³-hybridized carbons (Fsp3) is 0.519. The number of carbonyl (C=O) groups excluding carboxylic acids is 3. The smallest absolute Gasteiger partial charge is 0.330 e. The fourth-order valence-electron chi connectivity index (χ4n) is 3.65. The number of carbonyl (C=O) groups is 3. The number of esters is 1. The zero-order valence-corrected chi connectivity index (χ0v) is 20.4. The monoisotopic (exact) mass is 473 g/mol. The summed E-state index contributed by atoms with van der Waals surface area (Å²) < 4.78 is 5.69. The summed E-state index contributed by atoms with van der Waals surface area (Å²) in [4.78, 5) is 35.2. The lowest BCUT2D eigenvalue weighted by atomic mass is 9.94. The summed E-state index contributed by atoms with van der Waals surface area (Å²) >= 11 is 0. The van der Waals surface area contributed by atoms with Gasteiger partial charge in [-0.25, -0.2) is 4.79 Å². The third kappa shape index (κ3) is 11.9. The number of primary amides is 1. The maximum Gasteiger partial charge on any atom is 0.330 e. The number of amides is 1. The lowest BCUT2D eigenvalue weighted by molar-refractivity contribution is -0.144. The predicted octanol–water partition coefficient (Wildman–Crippen LogP) is 3.47. The van der Waals surface area contributed by atoms with Gasteiger partial charge >= 0.3 is 5.97 Å². The number of aldehydes is 1. The van der Waals surface area contributed by atoms with Crippen LogP contribution in [0.4, 0.5) is 0 Å². The zero-order chi connectivity index (χ0) is 25.5. The highest BCUT2D eigenvalue weighted by molar-refractivity contribution is 5.82. The Morgan fingerprint density at radius 3 is 2.62 bits per heavy atom. The number of allylic oxidation sites excluding steroid dienone is 5. The standard InChI is InChI=1S/C27H39NO6/c1-19-10-6-4-8-12-23(27(28)33)24(31)15-14-22(30)11-7-5-9-13-26(32)34-25(17-19)21(3)16-20(2)18-29/h4,6,9-10,13-16,18,21-25,30-31H,5,7-8,11-12,17H2,1-3H3,(H2,28,33). The van der Waals surface area contributed by atoms with Gasteiger partial charge in [0.05, 0.1) is 18.1 Å². The SMILES string of the molecule is CC(C=O)=CC(C)C1CC(C)=CC=CCCC(C(N)=O)C(O)C=CC(O)CCCC=CC(=O)O1. The van der Waals surface area contributed by atoms with Crippen LogP contribution >= 0.6 is 0 Å². The highest BCUT2D eigenvalue weighted by Gasteiger charge is 2.22. The molecule has 0 aromatic heterocycles. The second-order valence-corrected chi connectivity index (χ2v) is 8.87. The first-order valence-electron chi connectivity index (χ1n) is 11.8. The van der Waals surface area contributed by atoms with Gasteiger partial charge in [-0.15, -0.1) is 0 Å². The van der Waals surface area contributed by atoms with Gasteiger partial charge in [0.1, 0.15) is 12.4 Å². The first-order chi connectivity index (χ1) is 16.1. The van der Waals surface area contributed by atoms with Crippen molar-refractivity contribution in [3.63, 3.8) is 0 Å². The van der Waals surface area contributed by atoms with Crippen molar-refractivity contribution in [1.29, 1.82) is 0 Å². The molecular weight excluding hydrogens is 434 g/mol. The molecule has 1 rings (SSSR count). The molecule has 0 aromatic carbocycles. The topological polar surface area (TPSA) is 127 Å². The number of aliphatic hydroxyl groups is 2. The molecule has 0 aliphatic carbocycles. The van der Waals surface area contributed by atoms with Gasteiger partial charge in [-0.3, -0.25) is 9.59 Å². The number of hydrogen-bond donors (Lipinski definition) is 3. The van der Waals surface area contributed by atoms with Crippen LogP contribution in [0.1, 0.15) is 59.3 Å². The van der Waals surface area contributed by atoms with E-state index in [0.717, 1.165) is 11.9 Å². The van der Waals surface area contributed by atoms with E-state index >= 15 is 0 Å². The molecular formula is C27H39NO6. The second-order valence-electron chi connectivity index (χ2n) is 8.87. The number of nitrogens with two attached hydrogens (primary N) is 1. The molecule has 0 radical (unpaired) electrons. The maximum atomic E-state index is 12.4. The molecule has 34 heavy (non-hydrogen) atoms. The fourth-order valence-corrected chi connectivity index (χ4v) is 3.65. The summed E-state index contributed by atoms with van der Waals surface area (Å²) in [6.07, 6.45) is 14.9. The third-order valence-electron chi connectivity index (χ3n) is 5.68. The molecule has 0 bridgehead atoms. The number of hydrogen-bond acceptors (Lipinski definition) is 6. The van der Waals surface area contributed by atoms with Crippen molar-refractivity contribution >= 4 is 18.2 Å². The molecule has 1 aliphatic heterocycles. The summed E-state index contributed by atoms with van der Waals surface area (Å²) in [5.74, 6) is -1.94. The number of ether oxygens (including phenoxy) is 1. The Balaban J connectivity index is 3.07. The lowest BCUT2D eigenvalue weighted by Gasteiger charge is -2.22. The molecule has 1 aliphatic rings. The number of cyclic esters (lactones) is 1. The Bertz CT molecular complexity index is 823. The van der Waals surface area contributed by atoms with Crippen LogP contribution in [0.25, 0.3) is 0 Å². The van der Waals surface area contributed by atoms with Crippen LogP contribution in [0.5, 0.6) is 0 Å². The molecule has 0 saturated heterocycles. The minimum Gasteiger partial charge on any atom is -0.458 e. The van der Waals surface area contributed by atoms with Gasteiger partial charge in [0, 0.05) is 18.4 Å². The summed E-state index contributed by atoms with van der Waals surface area (Å²) in [7, 11) is 0. The highest BCUT2D eigenvalue weighted by Crippen LogP contribution is 2.20. The average Bonchev–Trinajstić information content (AvgIpc) is 2.78. The summed E-state index contributed by atoms with van der Waals surface area (Å²) in [5.41, 5.74) is 7.02. The molecule has 188 valence electrons. The Morgan fingerprint density at radius 1 is 1.21 bits per heavy atom. The van der Waals surface area contributed by atoms with E-state index in [1.165, 1.54) is 18.2 Å². The van der Waals surface area contributed by atoms with Gasteiger partial charge in [-0.05, 0) is 51.5 Å². The largest absolute Gasteiger partial charge is 0.458 e. The Kier molecular flexibility index (Phi) is 13.7. The third-order valence-corrected chi connectivity index (χ3v) is 5.68. The molecule has 1 heterocycles. The van der Waals surface area contributed by atoms with Crippen molar-refractivity contribution in [3.8, 4) is 0 Å². The molecule has 4 N–H and O–H groups in total. The van der Waals surface area contributed by atoms with E-state index in [4.69, 9.17) is 10.5 Å². The molecule has 5 unspecified atom stereocenters. The van der Waals surface area contributed by atoms with Crippen molar-refractivity contribution in [1.82, 2.24) is 0 Å². The predicted molar refractivity (Wildman–Crippen MR) is 132 cm³/mol. The summed E-state index contributed by atoms with van der Waals surface area (Å²) in [5, 5.41) is 20.4.